The maximum atomic E-state index is 12.3. The zero-order valence-corrected chi connectivity index (χ0v) is 18.4. The molecule has 168 valence electrons. The Hall–Kier alpha value is -4.00. The van der Waals surface area contributed by atoms with Crippen molar-refractivity contribution >= 4 is 23.1 Å². The van der Waals surface area contributed by atoms with Gasteiger partial charge in [-0.15, -0.1) is 0 Å². The lowest BCUT2D eigenvalue weighted by Crippen LogP contribution is -2.46. The van der Waals surface area contributed by atoms with Gasteiger partial charge in [0.2, 0.25) is 0 Å². The van der Waals surface area contributed by atoms with Gasteiger partial charge in [0.05, 0.1) is 7.11 Å². The lowest BCUT2D eigenvalue weighted by Gasteiger charge is -2.34. The highest BCUT2D eigenvalue weighted by Crippen LogP contribution is 2.40. The number of fused-ring (bicyclic) bond motifs is 2. The summed E-state index contributed by atoms with van der Waals surface area (Å²) in [6.45, 7) is 2.67. The Labute approximate surface area is 191 Å². The van der Waals surface area contributed by atoms with Crippen molar-refractivity contribution in [1.29, 1.82) is 0 Å². The molecule has 7 heteroatoms. The highest BCUT2D eigenvalue weighted by molar-refractivity contribution is 5.81. The summed E-state index contributed by atoms with van der Waals surface area (Å²) in [5, 5.41) is 10.1. The van der Waals surface area contributed by atoms with Gasteiger partial charge in [0.25, 0.3) is 6.01 Å². The van der Waals surface area contributed by atoms with Crippen LogP contribution in [0.15, 0.2) is 65.1 Å². The molecule has 0 saturated heterocycles. The molecule has 1 atom stereocenters. The minimum atomic E-state index is -0.948. The average Bonchev–Trinajstić information content (AvgIpc) is 3.25. The fraction of sp³-hybridized carbons (Fsp3) is 0.231. The number of hydrogen-bond acceptors (Lipinski definition) is 6. The summed E-state index contributed by atoms with van der Waals surface area (Å²) < 4.78 is 17.7. The SMILES string of the molecule is COc1ccc2c(c1OCc1ccccc1)CC(C(=O)O)N(c1nc3ccc(C)cc3o1)C2. The van der Waals surface area contributed by atoms with E-state index < -0.39 is 12.0 Å². The van der Waals surface area contributed by atoms with E-state index in [9.17, 15) is 9.90 Å². The Morgan fingerprint density at radius 2 is 2.00 bits per heavy atom. The smallest absolute Gasteiger partial charge is 0.326 e. The molecule has 0 amide bonds. The minimum absolute atomic E-state index is 0.240. The second kappa shape index (κ2) is 8.50. The zero-order chi connectivity index (χ0) is 22.9. The molecule has 0 radical (unpaired) electrons. The number of benzene rings is 3. The molecule has 0 aliphatic carbocycles. The fourth-order valence-electron chi connectivity index (χ4n) is 4.23. The number of carbonyl (C=O) groups is 1. The predicted molar refractivity (Wildman–Crippen MR) is 124 cm³/mol. The molecule has 1 unspecified atom stereocenters. The maximum absolute atomic E-state index is 12.3. The van der Waals surface area contributed by atoms with Crippen molar-refractivity contribution in [3.8, 4) is 11.5 Å². The number of aryl methyl sites for hydroxylation is 1. The molecule has 3 aromatic carbocycles. The summed E-state index contributed by atoms with van der Waals surface area (Å²) in [6.07, 6.45) is 0.240. The minimum Gasteiger partial charge on any atom is -0.493 e. The van der Waals surface area contributed by atoms with Crippen LogP contribution < -0.4 is 14.4 Å². The Morgan fingerprint density at radius 1 is 1.18 bits per heavy atom. The van der Waals surface area contributed by atoms with Crippen LogP contribution in [-0.4, -0.2) is 29.2 Å². The molecule has 0 saturated carbocycles. The van der Waals surface area contributed by atoms with Gasteiger partial charge in [0.15, 0.2) is 17.1 Å². The largest absolute Gasteiger partial charge is 0.493 e. The lowest BCUT2D eigenvalue weighted by molar-refractivity contribution is -0.138. The maximum Gasteiger partial charge on any atom is 0.326 e. The first-order valence-electron chi connectivity index (χ1n) is 10.8. The van der Waals surface area contributed by atoms with Crippen LogP contribution in [0.25, 0.3) is 11.1 Å². The van der Waals surface area contributed by atoms with Crippen molar-refractivity contribution in [3.05, 3.63) is 82.9 Å². The van der Waals surface area contributed by atoms with Crippen LogP contribution in [0.5, 0.6) is 11.5 Å². The molecule has 1 aliphatic rings. The molecule has 1 N–H and O–H groups in total. The van der Waals surface area contributed by atoms with Crippen molar-refractivity contribution in [3.63, 3.8) is 0 Å². The van der Waals surface area contributed by atoms with E-state index in [1.54, 1.807) is 12.0 Å². The molecule has 0 fully saturated rings. The topological polar surface area (TPSA) is 85.0 Å². The Balaban J connectivity index is 1.52. The number of aromatic nitrogens is 1. The quantitative estimate of drug-likeness (QED) is 0.460. The zero-order valence-electron chi connectivity index (χ0n) is 18.4. The van der Waals surface area contributed by atoms with E-state index in [4.69, 9.17) is 13.9 Å². The molecule has 5 rings (SSSR count). The first kappa shape index (κ1) is 20.9. The van der Waals surface area contributed by atoms with Gasteiger partial charge in [0, 0.05) is 18.5 Å². The van der Waals surface area contributed by atoms with Crippen LogP contribution in [0.3, 0.4) is 0 Å². The first-order chi connectivity index (χ1) is 16.0. The number of oxazole rings is 1. The average molecular weight is 444 g/mol. The van der Waals surface area contributed by atoms with E-state index in [-0.39, 0.29) is 6.42 Å². The van der Waals surface area contributed by atoms with Crippen LogP contribution in [0.2, 0.25) is 0 Å². The summed E-state index contributed by atoms with van der Waals surface area (Å²) >= 11 is 0. The molecule has 0 spiro atoms. The van der Waals surface area contributed by atoms with Gasteiger partial charge >= 0.3 is 5.97 Å². The first-order valence-corrected chi connectivity index (χ1v) is 10.8. The van der Waals surface area contributed by atoms with E-state index in [0.29, 0.717) is 41.8 Å². The summed E-state index contributed by atoms with van der Waals surface area (Å²) in [5.41, 5.74) is 5.20. The molecule has 2 heterocycles. The van der Waals surface area contributed by atoms with E-state index in [0.717, 1.165) is 22.3 Å². The molecule has 4 aromatic rings. The number of nitrogens with zero attached hydrogens (tertiary/aromatic N) is 2. The third kappa shape index (κ3) is 3.98. The number of aliphatic carboxylic acids is 1. The van der Waals surface area contributed by atoms with Crippen molar-refractivity contribution in [1.82, 2.24) is 4.98 Å². The lowest BCUT2D eigenvalue weighted by atomic mass is 9.93. The molecule has 0 bridgehead atoms. The third-order valence-electron chi connectivity index (χ3n) is 5.95. The van der Waals surface area contributed by atoms with E-state index in [1.165, 1.54) is 0 Å². The van der Waals surface area contributed by atoms with Crippen molar-refractivity contribution in [2.24, 2.45) is 0 Å². The Bertz CT molecular complexity index is 1320. The molecule has 1 aliphatic heterocycles. The van der Waals surface area contributed by atoms with Gasteiger partial charge in [-0.1, -0.05) is 42.5 Å². The summed E-state index contributed by atoms with van der Waals surface area (Å²) in [6, 6.07) is 18.8. The monoisotopic (exact) mass is 444 g/mol. The van der Waals surface area contributed by atoms with E-state index in [1.807, 2.05) is 67.6 Å². The predicted octanol–water partition coefficient (Wildman–Crippen LogP) is 4.74. The molecule has 7 nitrogen and oxygen atoms in total. The standard InChI is InChI=1S/C26H24N2O5/c1-16-8-10-20-23(12-16)33-26(27-20)28-14-18-9-11-22(31-2)24(19(18)13-21(28)25(29)30)32-15-17-6-4-3-5-7-17/h3-12,21H,13-15H2,1-2H3,(H,29,30). The molecular formula is C26H24N2O5. The van der Waals surface area contributed by atoms with Gasteiger partial charge in [-0.3, -0.25) is 0 Å². The van der Waals surface area contributed by atoms with Crippen LogP contribution in [-0.2, 0) is 24.4 Å². The van der Waals surface area contributed by atoms with Gasteiger partial charge in [-0.2, -0.15) is 4.98 Å². The van der Waals surface area contributed by atoms with E-state index >= 15 is 0 Å². The van der Waals surface area contributed by atoms with E-state index in [2.05, 4.69) is 4.98 Å². The Kier molecular flexibility index (Phi) is 5.38. The van der Waals surface area contributed by atoms with Crippen molar-refractivity contribution in [2.75, 3.05) is 12.0 Å². The highest BCUT2D eigenvalue weighted by atomic mass is 16.5. The summed E-state index contributed by atoms with van der Waals surface area (Å²) in [7, 11) is 1.58. The summed E-state index contributed by atoms with van der Waals surface area (Å²) in [5.74, 6) is 0.216. The Morgan fingerprint density at radius 3 is 2.76 bits per heavy atom. The van der Waals surface area contributed by atoms with Gasteiger partial charge in [-0.25, -0.2) is 4.79 Å². The summed E-state index contributed by atoms with van der Waals surface area (Å²) in [4.78, 5) is 18.5. The number of hydrogen-bond donors (Lipinski definition) is 1. The van der Waals surface area contributed by atoms with Gasteiger partial charge in [-0.05, 0) is 41.8 Å². The van der Waals surface area contributed by atoms with Crippen molar-refractivity contribution in [2.45, 2.75) is 32.5 Å². The third-order valence-corrected chi connectivity index (χ3v) is 5.95. The number of anilines is 1. The normalized spacial score (nSPS) is 15.3. The van der Waals surface area contributed by atoms with Crippen LogP contribution in [0.1, 0.15) is 22.3 Å². The number of carboxylic acid groups (broad SMARTS) is 1. The molecule has 33 heavy (non-hydrogen) atoms. The van der Waals surface area contributed by atoms with Gasteiger partial charge < -0.3 is 23.9 Å². The number of rotatable bonds is 6. The van der Waals surface area contributed by atoms with Crippen LogP contribution in [0, 0.1) is 6.92 Å². The highest BCUT2D eigenvalue weighted by Gasteiger charge is 2.36. The number of carboxylic acids is 1. The molecular weight excluding hydrogens is 420 g/mol. The fourth-order valence-corrected chi connectivity index (χ4v) is 4.23. The van der Waals surface area contributed by atoms with Crippen LogP contribution >= 0.6 is 0 Å². The van der Waals surface area contributed by atoms with Crippen LogP contribution in [0.4, 0.5) is 6.01 Å². The molecule has 1 aromatic heterocycles. The second-order valence-corrected chi connectivity index (χ2v) is 8.16. The number of methoxy groups -OCH3 is 1. The number of ether oxygens (including phenoxy) is 2. The second-order valence-electron chi connectivity index (χ2n) is 8.16. The van der Waals surface area contributed by atoms with Gasteiger partial charge in [0.1, 0.15) is 18.2 Å². The van der Waals surface area contributed by atoms with Crippen molar-refractivity contribution < 1.29 is 23.8 Å².